The average molecular weight is 350 g/mol. The first-order chi connectivity index (χ1) is 8.91. The van der Waals surface area contributed by atoms with Crippen molar-refractivity contribution in [1.82, 2.24) is 0 Å². The van der Waals surface area contributed by atoms with Crippen LogP contribution in [0.15, 0.2) is 34.8 Å². The summed E-state index contributed by atoms with van der Waals surface area (Å²) in [5.41, 5.74) is 1.08. The SMILES string of the molecule is Cc1cccc(C(Cl)c2c(F)cc(F)cc2F)c1Br. The topological polar surface area (TPSA) is 0 Å². The van der Waals surface area contributed by atoms with Gasteiger partial charge in [-0.25, -0.2) is 13.2 Å². The molecule has 0 aliphatic rings. The molecule has 1 unspecified atom stereocenters. The Bertz CT molecular complexity index is 605. The lowest BCUT2D eigenvalue weighted by Crippen LogP contribution is -2.03. The standard InChI is InChI=1S/C14H9BrClF3/c1-7-3-2-4-9(13(7)15)14(16)12-10(18)5-8(17)6-11(12)19/h2-6,14H,1H3. The first kappa shape index (κ1) is 14.4. The highest BCUT2D eigenvalue weighted by atomic mass is 79.9. The van der Waals surface area contributed by atoms with Crippen molar-refractivity contribution in [3.63, 3.8) is 0 Å². The molecule has 2 aromatic rings. The highest BCUT2D eigenvalue weighted by molar-refractivity contribution is 9.10. The van der Waals surface area contributed by atoms with Gasteiger partial charge in [0.15, 0.2) is 0 Å². The largest absolute Gasteiger partial charge is 0.207 e. The average Bonchev–Trinajstić information content (AvgIpc) is 2.31. The van der Waals surface area contributed by atoms with E-state index in [9.17, 15) is 13.2 Å². The molecule has 0 radical (unpaired) electrons. The minimum Gasteiger partial charge on any atom is -0.207 e. The highest BCUT2D eigenvalue weighted by Gasteiger charge is 2.23. The van der Waals surface area contributed by atoms with Crippen molar-refractivity contribution in [1.29, 1.82) is 0 Å². The lowest BCUT2D eigenvalue weighted by atomic mass is 10.0. The summed E-state index contributed by atoms with van der Waals surface area (Å²) < 4.78 is 41.0. The predicted molar refractivity (Wildman–Crippen MR) is 72.9 cm³/mol. The maximum Gasteiger partial charge on any atom is 0.134 e. The van der Waals surface area contributed by atoms with Crippen LogP contribution in [0, 0.1) is 24.4 Å². The molecule has 19 heavy (non-hydrogen) atoms. The zero-order valence-corrected chi connectivity index (χ0v) is 12.2. The Morgan fingerprint density at radius 1 is 1.11 bits per heavy atom. The number of hydrogen-bond donors (Lipinski definition) is 0. The summed E-state index contributed by atoms with van der Waals surface area (Å²) in [6, 6.07) is 6.49. The van der Waals surface area contributed by atoms with Gasteiger partial charge in [-0.05, 0) is 18.1 Å². The second-order valence-corrected chi connectivity index (χ2v) is 5.35. The fourth-order valence-electron chi connectivity index (χ4n) is 1.82. The Kier molecular flexibility index (Phi) is 4.21. The van der Waals surface area contributed by atoms with Gasteiger partial charge in [-0.15, -0.1) is 11.6 Å². The molecular weight excluding hydrogens is 341 g/mol. The van der Waals surface area contributed by atoms with Gasteiger partial charge in [0.05, 0.1) is 5.38 Å². The third kappa shape index (κ3) is 2.79. The van der Waals surface area contributed by atoms with Crippen LogP contribution in [0.4, 0.5) is 13.2 Å². The molecule has 0 aromatic heterocycles. The van der Waals surface area contributed by atoms with Gasteiger partial charge in [-0.3, -0.25) is 0 Å². The van der Waals surface area contributed by atoms with E-state index in [4.69, 9.17) is 11.6 Å². The van der Waals surface area contributed by atoms with E-state index in [-0.39, 0.29) is 5.56 Å². The molecule has 0 fully saturated rings. The Balaban J connectivity index is 2.56. The van der Waals surface area contributed by atoms with Gasteiger partial charge in [0.25, 0.3) is 0 Å². The van der Waals surface area contributed by atoms with Crippen LogP contribution < -0.4 is 0 Å². The van der Waals surface area contributed by atoms with E-state index in [1.165, 1.54) is 0 Å². The predicted octanol–water partition coefficient (Wildman–Crippen LogP) is 5.50. The van der Waals surface area contributed by atoms with E-state index in [1.807, 2.05) is 13.0 Å². The number of benzene rings is 2. The van der Waals surface area contributed by atoms with Crippen LogP contribution in [0.25, 0.3) is 0 Å². The highest BCUT2D eigenvalue weighted by Crippen LogP contribution is 2.37. The van der Waals surface area contributed by atoms with Gasteiger partial charge in [-0.1, -0.05) is 34.1 Å². The molecule has 100 valence electrons. The van der Waals surface area contributed by atoms with Crippen LogP contribution >= 0.6 is 27.5 Å². The lowest BCUT2D eigenvalue weighted by molar-refractivity contribution is 0.526. The van der Waals surface area contributed by atoms with Crippen LogP contribution in [0.5, 0.6) is 0 Å². The first-order valence-corrected chi connectivity index (χ1v) is 6.68. The Hall–Kier alpha value is -1.00. The van der Waals surface area contributed by atoms with E-state index >= 15 is 0 Å². The zero-order valence-electron chi connectivity index (χ0n) is 9.85. The fraction of sp³-hybridized carbons (Fsp3) is 0.143. The Labute approximate surface area is 122 Å². The minimum absolute atomic E-state index is 0.352. The summed E-state index contributed by atoms with van der Waals surface area (Å²) in [6.45, 7) is 1.84. The molecule has 0 heterocycles. The number of hydrogen-bond acceptors (Lipinski definition) is 0. The second kappa shape index (κ2) is 5.55. The monoisotopic (exact) mass is 348 g/mol. The molecule has 0 saturated carbocycles. The molecule has 0 saturated heterocycles. The smallest absolute Gasteiger partial charge is 0.134 e. The molecule has 5 heteroatoms. The normalized spacial score (nSPS) is 12.5. The number of halogens is 5. The van der Waals surface area contributed by atoms with E-state index in [0.717, 1.165) is 5.56 Å². The Morgan fingerprint density at radius 3 is 2.26 bits per heavy atom. The third-order valence-corrected chi connectivity index (χ3v) is 4.33. The number of alkyl halides is 1. The molecule has 0 spiro atoms. The molecule has 0 aliphatic heterocycles. The molecular formula is C14H9BrClF3. The van der Waals surface area contributed by atoms with E-state index in [1.54, 1.807) is 12.1 Å². The molecule has 2 rings (SSSR count). The summed E-state index contributed by atoms with van der Waals surface area (Å²) in [5.74, 6) is -2.96. The molecule has 1 atom stereocenters. The number of aryl methyl sites for hydroxylation is 1. The number of rotatable bonds is 2. The van der Waals surface area contributed by atoms with Gasteiger partial charge in [-0.2, -0.15) is 0 Å². The van der Waals surface area contributed by atoms with Crippen molar-refractivity contribution < 1.29 is 13.2 Å². The molecule has 2 aromatic carbocycles. The maximum atomic E-state index is 13.7. The quantitative estimate of drug-likeness (QED) is 0.628. The van der Waals surface area contributed by atoms with Crippen LogP contribution in [-0.4, -0.2) is 0 Å². The summed E-state index contributed by atoms with van der Waals surface area (Å²) in [6.07, 6.45) is 0. The van der Waals surface area contributed by atoms with Crippen molar-refractivity contribution in [2.24, 2.45) is 0 Å². The second-order valence-electron chi connectivity index (χ2n) is 4.12. The molecule has 0 amide bonds. The van der Waals surface area contributed by atoms with Crippen LogP contribution in [0.2, 0.25) is 0 Å². The van der Waals surface area contributed by atoms with Crippen molar-refractivity contribution >= 4 is 27.5 Å². The van der Waals surface area contributed by atoms with Crippen LogP contribution in [-0.2, 0) is 0 Å². The molecule has 0 nitrogen and oxygen atoms in total. The summed E-state index contributed by atoms with van der Waals surface area (Å²) >= 11 is 9.48. The van der Waals surface area contributed by atoms with Crippen molar-refractivity contribution in [2.45, 2.75) is 12.3 Å². The van der Waals surface area contributed by atoms with Crippen molar-refractivity contribution in [3.05, 3.63) is 68.9 Å². The van der Waals surface area contributed by atoms with E-state index in [2.05, 4.69) is 15.9 Å². The van der Waals surface area contributed by atoms with Crippen molar-refractivity contribution in [2.75, 3.05) is 0 Å². The van der Waals surface area contributed by atoms with Gasteiger partial charge >= 0.3 is 0 Å². The molecule has 0 aliphatic carbocycles. The minimum atomic E-state index is -1.03. The van der Waals surface area contributed by atoms with Gasteiger partial charge in [0.1, 0.15) is 17.5 Å². The van der Waals surface area contributed by atoms with Gasteiger partial charge in [0.2, 0.25) is 0 Å². The van der Waals surface area contributed by atoms with Crippen LogP contribution in [0.1, 0.15) is 22.1 Å². The van der Waals surface area contributed by atoms with Gasteiger partial charge < -0.3 is 0 Å². The third-order valence-electron chi connectivity index (χ3n) is 2.79. The zero-order chi connectivity index (χ0) is 14.2. The lowest BCUT2D eigenvalue weighted by Gasteiger charge is -2.15. The summed E-state index contributed by atoms with van der Waals surface area (Å²) in [5, 5.41) is -1.03. The van der Waals surface area contributed by atoms with E-state index < -0.39 is 22.8 Å². The molecule has 0 N–H and O–H groups in total. The fourth-order valence-corrected chi connectivity index (χ4v) is 2.83. The Morgan fingerprint density at radius 2 is 1.68 bits per heavy atom. The first-order valence-electron chi connectivity index (χ1n) is 5.45. The summed E-state index contributed by atoms with van der Waals surface area (Å²) in [7, 11) is 0. The van der Waals surface area contributed by atoms with E-state index in [0.29, 0.717) is 22.2 Å². The summed E-state index contributed by atoms with van der Waals surface area (Å²) in [4.78, 5) is 0. The van der Waals surface area contributed by atoms with Crippen molar-refractivity contribution in [3.8, 4) is 0 Å². The van der Waals surface area contributed by atoms with Crippen LogP contribution in [0.3, 0.4) is 0 Å². The molecule has 0 bridgehead atoms. The maximum absolute atomic E-state index is 13.7. The van der Waals surface area contributed by atoms with Gasteiger partial charge in [0, 0.05) is 22.2 Å².